The minimum atomic E-state index is -0.0377. The number of ether oxygens (including phenoxy) is 1. The lowest BCUT2D eigenvalue weighted by molar-refractivity contribution is 0.165. The summed E-state index contributed by atoms with van der Waals surface area (Å²) in [7, 11) is 2.05. The van der Waals surface area contributed by atoms with Crippen molar-refractivity contribution in [3.05, 3.63) is 23.8 Å². The summed E-state index contributed by atoms with van der Waals surface area (Å²) in [6.07, 6.45) is 0.392. The first-order valence-electron chi connectivity index (χ1n) is 5.50. The zero-order chi connectivity index (χ0) is 11.7. The van der Waals surface area contributed by atoms with Gasteiger partial charge in [0, 0.05) is 7.05 Å². The number of nitrogens with zero attached hydrogens (tertiary/aromatic N) is 2. The highest BCUT2D eigenvalue weighted by molar-refractivity contribution is 5.61. The Balaban J connectivity index is 2.37. The van der Waals surface area contributed by atoms with Gasteiger partial charge >= 0.3 is 0 Å². The first kappa shape index (κ1) is 10.8. The molecule has 0 saturated heterocycles. The van der Waals surface area contributed by atoms with Crippen LogP contribution in [-0.2, 0) is 0 Å². The maximum atomic E-state index is 8.78. The van der Waals surface area contributed by atoms with Crippen molar-refractivity contribution in [2.45, 2.75) is 32.4 Å². The Kier molecular flexibility index (Phi) is 2.74. The zero-order valence-corrected chi connectivity index (χ0v) is 9.90. The van der Waals surface area contributed by atoms with Gasteiger partial charge in [-0.2, -0.15) is 5.26 Å². The number of aryl methyl sites for hydroxylation is 1. The van der Waals surface area contributed by atoms with E-state index in [4.69, 9.17) is 10.00 Å². The number of nitriles is 1. The minimum absolute atomic E-state index is 0.0377. The molecule has 0 radical (unpaired) electrons. The van der Waals surface area contributed by atoms with Crippen LogP contribution >= 0.6 is 0 Å². The molecule has 1 heterocycles. The Morgan fingerprint density at radius 3 is 2.94 bits per heavy atom. The van der Waals surface area contributed by atoms with Crippen molar-refractivity contribution in [1.29, 1.82) is 5.26 Å². The molecule has 1 aromatic carbocycles. The van der Waals surface area contributed by atoms with E-state index < -0.39 is 0 Å². The highest BCUT2D eigenvalue weighted by atomic mass is 16.5. The standard InChI is InChI=1S/C13H16N2O/c1-9-4-5-11-13(8-9)16-12(6-7-14)10(2)15(11)3/h4-5,8,10,12H,6H2,1-3H3. The topological polar surface area (TPSA) is 36.3 Å². The Labute approximate surface area is 96.2 Å². The van der Waals surface area contributed by atoms with Crippen LogP contribution in [0.5, 0.6) is 5.75 Å². The van der Waals surface area contributed by atoms with E-state index in [0.717, 1.165) is 11.4 Å². The van der Waals surface area contributed by atoms with Crippen molar-refractivity contribution in [3.8, 4) is 11.8 Å². The summed E-state index contributed by atoms with van der Waals surface area (Å²) in [5, 5.41) is 8.78. The normalized spacial score (nSPS) is 23.2. The van der Waals surface area contributed by atoms with Gasteiger partial charge in [-0.1, -0.05) is 6.07 Å². The quantitative estimate of drug-likeness (QED) is 0.723. The van der Waals surface area contributed by atoms with E-state index in [1.165, 1.54) is 5.56 Å². The highest BCUT2D eigenvalue weighted by Crippen LogP contribution is 2.36. The molecule has 0 N–H and O–H groups in total. The summed E-state index contributed by atoms with van der Waals surface area (Å²) in [6, 6.07) is 8.60. The Morgan fingerprint density at radius 1 is 1.50 bits per heavy atom. The molecule has 2 atom stereocenters. The molecule has 0 saturated carbocycles. The van der Waals surface area contributed by atoms with Gasteiger partial charge < -0.3 is 9.64 Å². The number of hydrogen-bond acceptors (Lipinski definition) is 3. The van der Waals surface area contributed by atoms with E-state index in [-0.39, 0.29) is 12.1 Å². The Hall–Kier alpha value is -1.69. The van der Waals surface area contributed by atoms with Crippen LogP contribution in [0.15, 0.2) is 18.2 Å². The maximum Gasteiger partial charge on any atom is 0.143 e. The summed E-state index contributed by atoms with van der Waals surface area (Å²) in [5.41, 5.74) is 2.28. The lowest BCUT2D eigenvalue weighted by atomic mass is 10.0. The van der Waals surface area contributed by atoms with Crippen LogP contribution in [0.4, 0.5) is 5.69 Å². The second-order valence-electron chi connectivity index (χ2n) is 4.34. The lowest BCUT2D eigenvalue weighted by Gasteiger charge is -2.39. The predicted octanol–water partition coefficient (Wildman–Crippen LogP) is 2.49. The van der Waals surface area contributed by atoms with E-state index in [0.29, 0.717) is 6.42 Å². The Morgan fingerprint density at radius 2 is 2.25 bits per heavy atom. The fraction of sp³-hybridized carbons (Fsp3) is 0.462. The molecule has 1 aliphatic heterocycles. The monoisotopic (exact) mass is 216 g/mol. The van der Waals surface area contributed by atoms with Crippen LogP contribution in [0.3, 0.4) is 0 Å². The molecule has 3 heteroatoms. The molecule has 0 aliphatic carbocycles. The zero-order valence-electron chi connectivity index (χ0n) is 9.90. The molecule has 0 bridgehead atoms. The molecule has 0 spiro atoms. The van der Waals surface area contributed by atoms with Crippen LogP contribution in [0.1, 0.15) is 18.9 Å². The fourth-order valence-corrected chi connectivity index (χ4v) is 2.04. The molecule has 2 rings (SSSR count). The van der Waals surface area contributed by atoms with E-state index in [1.54, 1.807) is 0 Å². The van der Waals surface area contributed by atoms with E-state index in [9.17, 15) is 0 Å². The molecule has 84 valence electrons. The van der Waals surface area contributed by atoms with Crippen LogP contribution in [-0.4, -0.2) is 19.2 Å². The highest BCUT2D eigenvalue weighted by Gasteiger charge is 2.30. The molecule has 2 unspecified atom stereocenters. The summed E-state index contributed by atoms with van der Waals surface area (Å²) in [5.74, 6) is 0.890. The first-order chi connectivity index (χ1) is 7.63. The summed E-state index contributed by atoms with van der Waals surface area (Å²) >= 11 is 0. The van der Waals surface area contributed by atoms with Crippen LogP contribution in [0.2, 0.25) is 0 Å². The van der Waals surface area contributed by atoms with Crippen LogP contribution in [0, 0.1) is 18.3 Å². The molecule has 16 heavy (non-hydrogen) atoms. The van der Waals surface area contributed by atoms with Crippen molar-refractivity contribution in [3.63, 3.8) is 0 Å². The van der Waals surface area contributed by atoms with E-state index in [2.05, 4.69) is 30.0 Å². The number of likely N-dealkylation sites (N-methyl/N-ethyl adjacent to an activating group) is 1. The lowest BCUT2D eigenvalue weighted by Crippen LogP contribution is -2.45. The van der Waals surface area contributed by atoms with Gasteiger partial charge in [0.2, 0.25) is 0 Å². The van der Waals surface area contributed by atoms with Gasteiger partial charge in [-0.15, -0.1) is 0 Å². The summed E-state index contributed by atoms with van der Waals surface area (Å²) in [6.45, 7) is 4.13. The minimum Gasteiger partial charge on any atom is -0.485 e. The third-order valence-electron chi connectivity index (χ3n) is 3.22. The van der Waals surface area contributed by atoms with Crippen molar-refractivity contribution in [2.24, 2.45) is 0 Å². The third kappa shape index (κ3) is 1.71. The van der Waals surface area contributed by atoms with Crippen molar-refractivity contribution in [2.75, 3.05) is 11.9 Å². The second kappa shape index (κ2) is 4.05. The molecule has 1 aromatic rings. The number of anilines is 1. The first-order valence-corrected chi connectivity index (χ1v) is 5.50. The van der Waals surface area contributed by atoms with Gasteiger partial charge in [0.25, 0.3) is 0 Å². The molecule has 0 amide bonds. The number of fused-ring (bicyclic) bond motifs is 1. The Bertz CT molecular complexity index is 436. The molecular weight excluding hydrogens is 200 g/mol. The van der Waals surface area contributed by atoms with Crippen molar-refractivity contribution < 1.29 is 4.74 Å². The van der Waals surface area contributed by atoms with Crippen LogP contribution in [0.25, 0.3) is 0 Å². The predicted molar refractivity (Wildman–Crippen MR) is 63.7 cm³/mol. The SMILES string of the molecule is Cc1ccc2c(c1)OC(CC#N)C(C)N2C. The van der Waals surface area contributed by atoms with E-state index >= 15 is 0 Å². The molecule has 3 nitrogen and oxygen atoms in total. The molecule has 0 fully saturated rings. The van der Waals surface area contributed by atoms with Gasteiger partial charge in [-0.05, 0) is 31.5 Å². The summed E-state index contributed by atoms with van der Waals surface area (Å²) in [4.78, 5) is 2.18. The van der Waals surface area contributed by atoms with Crippen molar-refractivity contribution in [1.82, 2.24) is 0 Å². The number of rotatable bonds is 1. The number of hydrogen-bond donors (Lipinski definition) is 0. The molecular formula is C13H16N2O. The van der Waals surface area contributed by atoms with Gasteiger partial charge in [-0.3, -0.25) is 0 Å². The van der Waals surface area contributed by atoms with E-state index in [1.807, 2.05) is 20.0 Å². The second-order valence-corrected chi connectivity index (χ2v) is 4.34. The van der Waals surface area contributed by atoms with Crippen LogP contribution < -0.4 is 9.64 Å². The maximum absolute atomic E-state index is 8.78. The average Bonchev–Trinajstić information content (AvgIpc) is 2.25. The van der Waals surface area contributed by atoms with Gasteiger partial charge in [0.1, 0.15) is 11.9 Å². The largest absolute Gasteiger partial charge is 0.485 e. The van der Waals surface area contributed by atoms with Gasteiger partial charge in [0.05, 0.1) is 24.2 Å². The number of benzene rings is 1. The van der Waals surface area contributed by atoms with Crippen molar-refractivity contribution >= 4 is 5.69 Å². The average molecular weight is 216 g/mol. The third-order valence-corrected chi connectivity index (χ3v) is 3.22. The summed E-state index contributed by atoms with van der Waals surface area (Å²) < 4.78 is 5.87. The van der Waals surface area contributed by atoms with Gasteiger partial charge in [-0.25, -0.2) is 0 Å². The van der Waals surface area contributed by atoms with Gasteiger partial charge in [0.15, 0.2) is 0 Å². The molecule has 1 aliphatic rings. The molecule has 0 aromatic heterocycles. The smallest absolute Gasteiger partial charge is 0.143 e. The fourth-order valence-electron chi connectivity index (χ4n) is 2.04.